The van der Waals surface area contributed by atoms with Crippen molar-refractivity contribution in [2.75, 3.05) is 5.32 Å². The minimum Gasteiger partial charge on any atom is -0.363 e. The van der Waals surface area contributed by atoms with Crippen molar-refractivity contribution in [2.24, 2.45) is 0 Å². The molecule has 0 aliphatic carbocycles. The number of nitrogens with one attached hydrogen (secondary N) is 2. The van der Waals surface area contributed by atoms with Crippen LogP contribution in [0, 0.1) is 5.82 Å². The number of H-pyrrole nitrogens is 1. The topological polar surface area (TPSA) is 66.5 Å². The first-order valence-electron chi connectivity index (χ1n) is 7.16. The average Bonchev–Trinajstić information content (AvgIpc) is 2.97. The second kappa shape index (κ2) is 7.22. The van der Waals surface area contributed by atoms with E-state index in [1.165, 1.54) is 12.5 Å². The quantitative estimate of drug-likeness (QED) is 0.673. The Balaban J connectivity index is 0.00000225. The molecule has 3 aromatic heterocycles. The van der Waals surface area contributed by atoms with Gasteiger partial charge in [-0.25, -0.2) is 19.3 Å². The van der Waals surface area contributed by atoms with Gasteiger partial charge in [0, 0.05) is 18.1 Å². The molecule has 3 heterocycles. The molecule has 134 valence electrons. The molecule has 3 aromatic rings. The lowest BCUT2D eigenvalue weighted by Gasteiger charge is -2.08. The molecule has 0 aliphatic heterocycles. The number of aryl methyl sites for hydroxylation is 1. The van der Waals surface area contributed by atoms with Crippen LogP contribution in [0.25, 0.3) is 11.0 Å². The maximum atomic E-state index is 14.0. The SMILES string of the molecule is CCc1ncnc(NCc2cnc3[nH]c(C(F)(F)F)cc3c2)c1F.Cl. The zero-order valence-corrected chi connectivity index (χ0v) is 13.8. The van der Waals surface area contributed by atoms with E-state index >= 15 is 0 Å². The highest BCUT2D eigenvalue weighted by molar-refractivity contribution is 5.85. The van der Waals surface area contributed by atoms with Gasteiger partial charge >= 0.3 is 6.18 Å². The van der Waals surface area contributed by atoms with E-state index in [0.29, 0.717) is 23.1 Å². The van der Waals surface area contributed by atoms with E-state index in [4.69, 9.17) is 0 Å². The molecule has 0 fully saturated rings. The van der Waals surface area contributed by atoms with Crippen molar-refractivity contribution in [1.29, 1.82) is 0 Å². The van der Waals surface area contributed by atoms with Gasteiger partial charge in [0.25, 0.3) is 0 Å². The second-order valence-electron chi connectivity index (χ2n) is 5.15. The molecule has 5 nitrogen and oxygen atoms in total. The number of rotatable bonds is 4. The summed E-state index contributed by atoms with van der Waals surface area (Å²) in [5.74, 6) is -0.484. The highest BCUT2D eigenvalue weighted by atomic mass is 35.5. The monoisotopic (exact) mass is 375 g/mol. The number of nitrogens with zero attached hydrogens (tertiary/aromatic N) is 3. The first kappa shape index (κ1) is 18.9. The van der Waals surface area contributed by atoms with Crippen molar-refractivity contribution in [3.63, 3.8) is 0 Å². The van der Waals surface area contributed by atoms with E-state index in [-0.39, 0.29) is 30.4 Å². The number of pyridine rings is 1. The van der Waals surface area contributed by atoms with Crippen LogP contribution in [0.3, 0.4) is 0 Å². The lowest BCUT2D eigenvalue weighted by Crippen LogP contribution is -2.07. The Labute approximate surface area is 146 Å². The van der Waals surface area contributed by atoms with Crippen LogP contribution in [0.4, 0.5) is 23.4 Å². The van der Waals surface area contributed by atoms with E-state index in [1.807, 2.05) is 0 Å². The van der Waals surface area contributed by atoms with Crippen LogP contribution in [0.2, 0.25) is 0 Å². The number of fused-ring (bicyclic) bond motifs is 1. The van der Waals surface area contributed by atoms with Gasteiger partial charge in [0.05, 0.1) is 5.69 Å². The van der Waals surface area contributed by atoms with Crippen LogP contribution < -0.4 is 5.32 Å². The Morgan fingerprint density at radius 3 is 2.60 bits per heavy atom. The maximum Gasteiger partial charge on any atom is 0.431 e. The highest BCUT2D eigenvalue weighted by Crippen LogP contribution is 2.30. The van der Waals surface area contributed by atoms with Crippen molar-refractivity contribution in [1.82, 2.24) is 19.9 Å². The van der Waals surface area contributed by atoms with Gasteiger partial charge in [-0.3, -0.25) is 0 Å². The van der Waals surface area contributed by atoms with Gasteiger partial charge in [0.15, 0.2) is 11.6 Å². The molecule has 0 saturated heterocycles. The molecule has 25 heavy (non-hydrogen) atoms. The van der Waals surface area contributed by atoms with Crippen LogP contribution in [0.1, 0.15) is 23.9 Å². The fraction of sp³-hybridized carbons (Fsp3) is 0.267. The number of anilines is 1. The van der Waals surface area contributed by atoms with Gasteiger partial charge < -0.3 is 10.3 Å². The molecule has 0 saturated carbocycles. The Morgan fingerprint density at radius 1 is 1.16 bits per heavy atom. The number of alkyl halides is 3. The number of hydrogen-bond acceptors (Lipinski definition) is 4. The largest absolute Gasteiger partial charge is 0.431 e. The third-order valence-electron chi connectivity index (χ3n) is 3.49. The minimum atomic E-state index is -4.46. The minimum absolute atomic E-state index is 0. The lowest BCUT2D eigenvalue weighted by atomic mass is 10.2. The van der Waals surface area contributed by atoms with E-state index in [2.05, 4.69) is 25.3 Å². The Morgan fingerprint density at radius 2 is 1.92 bits per heavy atom. The van der Waals surface area contributed by atoms with Crippen molar-refractivity contribution >= 4 is 29.3 Å². The summed E-state index contributed by atoms with van der Waals surface area (Å²) in [4.78, 5) is 13.8. The van der Waals surface area contributed by atoms with E-state index in [9.17, 15) is 17.6 Å². The molecular formula is C15H14ClF4N5. The van der Waals surface area contributed by atoms with Gasteiger partial charge in [-0.1, -0.05) is 6.92 Å². The van der Waals surface area contributed by atoms with Crippen LogP contribution in [-0.2, 0) is 19.1 Å². The van der Waals surface area contributed by atoms with Crippen molar-refractivity contribution < 1.29 is 17.6 Å². The molecule has 0 aromatic carbocycles. The van der Waals surface area contributed by atoms with E-state index in [1.54, 1.807) is 13.0 Å². The molecule has 0 radical (unpaired) electrons. The zero-order chi connectivity index (χ0) is 17.3. The maximum absolute atomic E-state index is 14.0. The molecule has 0 amide bonds. The van der Waals surface area contributed by atoms with Crippen LogP contribution in [-0.4, -0.2) is 19.9 Å². The molecule has 0 atom stereocenters. The Hall–Kier alpha value is -2.42. The summed E-state index contributed by atoms with van der Waals surface area (Å²) < 4.78 is 52.1. The zero-order valence-electron chi connectivity index (χ0n) is 13.0. The molecule has 10 heteroatoms. The average molecular weight is 376 g/mol. The smallest absolute Gasteiger partial charge is 0.363 e. The van der Waals surface area contributed by atoms with Gasteiger partial charge in [-0.2, -0.15) is 13.2 Å². The van der Waals surface area contributed by atoms with Gasteiger partial charge in [0.2, 0.25) is 0 Å². The third kappa shape index (κ3) is 3.98. The lowest BCUT2D eigenvalue weighted by molar-refractivity contribution is -0.140. The van der Waals surface area contributed by atoms with Gasteiger partial charge in [0.1, 0.15) is 17.7 Å². The summed E-state index contributed by atoms with van der Waals surface area (Å²) in [6.45, 7) is 1.95. The second-order valence-corrected chi connectivity index (χ2v) is 5.15. The summed E-state index contributed by atoms with van der Waals surface area (Å²) in [5.41, 5.74) is 0.185. The third-order valence-corrected chi connectivity index (χ3v) is 3.49. The van der Waals surface area contributed by atoms with Crippen LogP contribution in [0.15, 0.2) is 24.7 Å². The fourth-order valence-electron chi connectivity index (χ4n) is 2.27. The molecule has 0 bridgehead atoms. The van der Waals surface area contributed by atoms with Crippen molar-refractivity contribution in [2.45, 2.75) is 26.1 Å². The van der Waals surface area contributed by atoms with Gasteiger partial charge in [-0.05, 0) is 24.1 Å². The first-order chi connectivity index (χ1) is 11.4. The Bertz CT molecular complexity index is 878. The van der Waals surface area contributed by atoms with E-state index in [0.717, 1.165) is 6.07 Å². The molecule has 3 rings (SSSR count). The highest BCUT2D eigenvalue weighted by Gasteiger charge is 2.32. The van der Waals surface area contributed by atoms with Crippen LogP contribution >= 0.6 is 12.4 Å². The van der Waals surface area contributed by atoms with Gasteiger partial charge in [-0.15, -0.1) is 12.4 Å². The molecular weight excluding hydrogens is 362 g/mol. The van der Waals surface area contributed by atoms with E-state index < -0.39 is 17.7 Å². The summed E-state index contributed by atoms with van der Waals surface area (Å²) >= 11 is 0. The standard InChI is InChI=1S/C15H13F4N5.ClH/c1-2-10-12(16)14(23-7-22-10)21-6-8-3-9-4-11(15(17,18)19)24-13(9)20-5-8;/h3-5,7H,2,6H2,1H3,(H,20,24)(H,21,22,23);1H. The number of aromatic amines is 1. The predicted octanol–water partition coefficient (Wildman–Crippen LogP) is 4.11. The summed E-state index contributed by atoms with van der Waals surface area (Å²) in [6, 6.07) is 2.55. The summed E-state index contributed by atoms with van der Waals surface area (Å²) in [5, 5.41) is 3.14. The van der Waals surface area contributed by atoms with Crippen molar-refractivity contribution in [3.05, 3.63) is 47.4 Å². The number of hydrogen-bond donors (Lipinski definition) is 2. The number of halogens is 5. The summed E-state index contributed by atoms with van der Waals surface area (Å²) in [6.07, 6.45) is -1.35. The first-order valence-corrected chi connectivity index (χ1v) is 7.16. The summed E-state index contributed by atoms with van der Waals surface area (Å²) in [7, 11) is 0. The Kier molecular flexibility index (Phi) is 5.46. The van der Waals surface area contributed by atoms with Crippen molar-refractivity contribution in [3.8, 4) is 0 Å². The molecule has 0 aliphatic rings. The predicted molar refractivity (Wildman–Crippen MR) is 87.0 cm³/mol. The molecule has 0 unspecified atom stereocenters. The molecule has 2 N–H and O–H groups in total. The number of aromatic nitrogens is 4. The van der Waals surface area contributed by atoms with Crippen LogP contribution in [0.5, 0.6) is 0 Å². The normalized spacial score (nSPS) is 11.4. The fourth-order valence-corrected chi connectivity index (χ4v) is 2.27. The molecule has 0 spiro atoms.